The molecule has 0 bridgehead atoms. The van der Waals surface area contributed by atoms with E-state index >= 15 is 0 Å². The fourth-order valence-corrected chi connectivity index (χ4v) is 3.18. The summed E-state index contributed by atoms with van der Waals surface area (Å²) in [6.45, 7) is 3.88. The molecule has 7 heteroatoms. The second-order valence-electron chi connectivity index (χ2n) is 6.72. The summed E-state index contributed by atoms with van der Waals surface area (Å²) in [5.74, 6) is -0.0773. The topological polar surface area (TPSA) is 68.5 Å². The fraction of sp³-hybridized carbons (Fsp3) is 0.278. The molecule has 1 unspecified atom stereocenters. The predicted octanol–water partition coefficient (Wildman–Crippen LogP) is 2.90. The van der Waals surface area contributed by atoms with Crippen molar-refractivity contribution in [1.29, 1.82) is 0 Å². The standard InChI is InChI=1S/C18H17FN4O2/c1-18(2)9-14(12-8-11(19)4-5-15(12)25-18)22-17(24)13-10-21-23-7-3-6-20-16(13)23/h3-8,10,14H,9H2,1-2H3,(H,22,24). The molecule has 4 rings (SSSR count). The van der Waals surface area contributed by atoms with Gasteiger partial charge in [0.1, 0.15) is 22.7 Å². The highest BCUT2D eigenvalue weighted by atomic mass is 19.1. The Morgan fingerprint density at radius 2 is 2.28 bits per heavy atom. The quantitative estimate of drug-likeness (QED) is 0.779. The molecule has 1 aliphatic heterocycles. The molecule has 3 aromatic rings. The SMILES string of the molecule is CC1(C)CC(NC(=O)c2cnn3cccnc23)c2cc(F)ccc2O1. The van der Waals surface area contributed by atoms with Crippen molar-refractivity contribution in [2.75, 3.05) is 0 Å². The van der Waals surface area contributed by atoms with Crippen LogP contribution in [0.25, 0.3) is 5.65 Å². The van der Waals surface area contributed by atoms with E-state index in [1.165, 1.54) is 22.8 Å². The van der Waals surface area contributed by atoms with E-state index < -0.39 is 5.60 Å². The van der Waals surface area contributed by atoms with E-state index in [2.05, 4.69) is 15.4 Å². The lowest BCUT2D eigenvalue weighted by Crippen LogP contribution is -2.41. The molecule has 1 amide bonds. The zero-order valence-electron chi connectivity index (χ0n) is 13.9. The van der Waals surface area contributed by atoms with Gasteiger partial charge in [-0.2, -0.15) is 5.10 Å². The smallest absolute Gasteiger partial charge is 0.257 e. The maximum atomic E-state index is 13.7. The van der Waals surface area contributed by atoms with Gasteiger partial charge in [-0.15, -0.1) is 0 Å². The predicted molar refractivity (Wildman–Crippen MR) is 88.9 cm³/mol. The summed E-state index contributed by atoms with van der Waals surface area (Å²) in [5, 5.41) is 7.10. The molecule has 1 atom stereocenters. The molecule has 3 heterocycles. The maximum Gasteiger partial charge on any atom is 0.257 e. The van der Waals surface area contributed by atoms with Crippen LogP contribution in [-0.2, 0) is 0 Å². The molecular formula is C18H17FN4O2. The van der Waals surface area contributed by atoms with Gasteiger partial charge in [0.15, 0.2) is 5.65 Å². The number of benzene rings is 1. The molecule has 0 radical (unpaired) electrons. The number of rotatable bonds is 2. The Balaban J connectivity index is 1.68. The summed E-state index contributed by atoms with van der Waals surface area (Å²) in [6.07, 6.45) is 5.34. The molecule has 0 saturated carbocycles. The number of nitrogens with one attached hydrogen (secondary N) is 1. The third kappa shape index (κ3) is 2.82. The van der Waals surface area contributed by atoms with Gasteiger partial charge in [-0.05, 0) is 38.1 Å². The van der Waals surface area contributed by atoms with Crippen molar-refractivity contribution >= 4 is 11.6 Å². The van der Waals surface area contributed by atoms with E-state index in [1.54, 1.807) is 24.5 Å². The number of ether oxygens (including phenoxy) is 1. The van der Waals surface area contributed by atoms with Crippen LogP contribution in [0.15, 0.2) is 42.9 Å². The third-order valence-electron chi connectivity index (χ3n) is 4.26. The van der Waals surface area contributed by atoms with Crippen molar-refractivity contribution in [3.05, 3.63) is 59.8 Å². The Bertz CT molecular complexity index is 967. The number of amides is 1. The van der Waals surface area contributed by atoms with Crippen LogP contribution in [0.3, 0.4) is 0 Å². The van der Waals surface area contributed by atoms with Gasteiger partial charge < -0.3 is 10.1 Å². The summed E-state index contributed by atoms with van der Waals surface area (Å²) < 4.78 is 21.1. The van der Waals surface area contributed by atoms with Gasteiger partial charge in [-0.25, -0.2) is 13.9 Å². The molecule has 6 nitrogen and oxygen atoms in total. The minimum Gasteiger partial charge on any atom is -0.487 e. The minimum atomic E-state index is -0.470. The van der Waals surface area contributed by atoms with Crippen LogP contribution >= 0.6 is 0 Å². The highest BCUT2D eigenvalue weighted by molar-refractivity contribution is 5.99. The molecule has 1 N–H and O–H groups in total. The van der Waals surface area contributed by atoms with Gasteiger partial charge in [0.2, 0.25) is 0 Å². The fourth-order valence-electron chi connectivity index (χ4n) is 3.18. The number of halogens is 1. The number of hydrogen-bond acceptors (Lipinski definition) is 4. The van der Waals surface area contributed by atoms with Gasteiger partial charge in [-0.1, -0.05) is 0 Å². The normalized spacial score (nSPS) is 18.4. The van der Waals surface area contributed by atoms with Crippen molar-refractivity contribution in [3.63, 3.8) is 0 Å². The van der Waals surface area contributed by atoms with Crippen LogP contribution in [-0.4, -0.2) is 26.1 Å². The van der Waals surface area contributed by atoms with E-state index in [0.29, 0.717) is 28.9 Å². The second-order valence-corrected chi connectivity index (χ2v) is 6.72. The van der Waals surface area contributed by atoms with Crippen molar-refractivity contribution < 1.29 is 13.9 Å². The zero-order valence-corrected chi connectivity index (χ0v) is 13.9. The van der Waals surface area contributed by atoms with Crippen LogP contribution in [0.2, 0.25) is 0 Å². The van der Waals surface area contributed by atoms with E-state index in [0.717, 1.165) is 0 Å². The molecule has 1 aliphatic rings. The Kier molecular flexibility index (Phi) is 3.45. The number of fused-ring (bicyclic) bond motifs is 2. The summed E-state index contributed by atoms with van der Waals surface area (Å²) in [5.41, 5.74) is 1.02. The van der Waals surface area contributed by atoms with Crippen molar-refractivity contribution in [2.24, 2.45) is 0 Å². The number of nitrogens with zero attached hydrogens (tertiary/aromatic N) is 3. The first kappa shape index (κ1) is 15.6. The van der Waals surface area contributed by atoms with Crippen LogP contribution in [0.4, 0.5) is 4.39 Å². The summed E-state index contributed by atoms with van der Waals surface area (Å²) in [4.78, 5) is 17.0. The first-order chi connectivity index (χ1) is 11.9. The molecule has 2 aromatic heterocycles. The molecular weight excluding hydrogens is 323 g/mol. The molecule has 1 aromatic carbocycles. The molecule has 0 spiro atoms. The molecule has 0 fully saturated rings. The minimum absolute atomic E-state index is 0.299. The Morgan fingerprint density at radius 1 is 1.44 bits per heavy atom. The summed E-state index contributed by atoms with van der Waals surface area (Å²) in [6, 6.07) is 5.74. The number of carbonyl (C=O) groups is 1. The molecule has 0 aliphatic carbocycles. The Labute approximate surface area is 143 Å². The second kappa shape index (κ2) is 5.54. The monoisotopic (exact) mass is 340 g/mol. The highest BCUT2D eigenvalue weighted by Gasteiger charge is 2.35. The molecule has 128 valence electrons. The van der Waals surface area contributed by atoms with E-state index in [1.807, 2.05) is 13.8 Å². The van der Waals surface area contributed by atoms with Crippen LogP contribution in [0.1, 0.15) is 42.2 Å². The average Bonchev–Trinajstić information content (AvgIpc) is 2.99. The van der Waals surface area contributed by atoms with Crippen molar-refractivity contribution in [2.45, 2.75) is 31.9 Å². The maximum absolute atomic E-state index is 13.7. The first-order valence-corrected chi connectivity index (χ1v) is 8.01. The largest absolute Gasteiger partial charge is 0.487 e. The summed E-state index contributed by atoms with van der Waals surface area (Å²) in [7, 11) is 0. The lowest BCUT2D eigenvalue weighted by atomic mass is 9.89. The van der Waals surface area contributed by atoms with E-state index in [-0.39, 0.29) is 17.8 Å². The van der Waals surface area contributed by atoms with Gasteiger partial charge in [-0.3, -0.25) is 4.79 Å². The molecule has 0 saturated heterocycles. The van der Waals surface area contributed by atoms with Gasteiger partial charge in [0.25, 0.3) is 5.91 Å². The average molecular weight is 340 g/mol. The zero-order chi connectivity index (χ0) is 17.6. The third-order valence-corrected chi connectivity index (χ3v) is 4.26. The number of aromatic nitrogens is 3. The Morgan fingerprint density at radius 3 is 3.12 bits per heavy atom. The van der Waals surface area contributed by atoms with Crippen molar-refractivity contribution in [3.8, 4) is 5.75 Å². The van der Waals surface area contributed by atoms with Crippen LogP contribution in [0, 0.1) is 5.82 Å². The van der Waals surface area contributed by atoms with Gasteiger partial charge in [0.05, 0.1) is 12.2 Å². The Hall–Kier alpha value is -2.96. The van der Waals surface area contributed by atoms with Crippen molar-refractivity contribution in [1.82, 2.24) is 19.9 Å². The number of carbonyl (C=O) groups excluding carboxylic acids is 1. The van der Waals surface area contributed by atoms with E-state index in [9.17, 15) is 9.18 Å². The van der Waals surface area contributed by atoms with Gasteiger partial charge >= 0.3 is 0 Å². The molecule has 25 heavy (non-hydrogen) atoms. The van der Waals surface area contributed by atoms with Crippen LogP contribution in [0.5, 0.6) is 5.75 Å². The van der Waals surface area contributed by atoms with Crippen LogP contribution < -0.4 is 10.1 Å². The van der Waals surface area contributed by atoms with E-state index in [4.69, 9.17) is 4.74 Å². The lowest BCUT2D eigenvalue weighted by Gasteiger charge is -2.37. The summed E-state index contributed by atoms with van der Waals surface area (Å²) >= 11 is 0. The first-order valence-electron chi connectivity index (χ1n) is 8.01. The lowest BCUT2D eigenvalue weighted by molar-refractivity contribution is 0.0618. The van der Waals surface area contributed by atoms with Gasteiger partial charge in [0, 0.05) is 24.4 Å². The highest BCUT2D eigenvalue weighted by Crippen LogP contribution is 2.39. The number of hydrogen-bond donors (Lipinski definition) is 1.